The van der Waals surface area contributed by atoms with Crippen LogP contribution in [0.5, 0.6) is 11.5 Å². The van der Waals surface area contributed by atoms with Crippen LogP contribution in [0.2, 0.25) is 0 Å². The second-order valence-corrected chi connectivity index (χ2v) is 5.54. The zero-order chi connectivity index (χ0) is 17.9. The van der Waals surface area contributed by atoms with E-state index < -0.39 is 10.8 Å². The number of carbonyl (C=O) groups excluding carboxylic acids is 1. The van der Waals surface area contributed by atoms with Gasteiger partial charge >= 0.3 is 0 Å². The Labute approximate surface area is 139 Å². The van der Waals surface area contributed by atoms with Gasteiger partial charge in [-0.15, -0.1) is 0 Å². The average Bonchev–Trinajstić information content (AvgIpc) is 2.87. The predicted molar refractivity (Wildman–Crippen MR) is 87.6 cm³/mol. The number of anilines is 1. The van der Waals surface area contributed by atoms with E-state index in [0.717, 1.165) is 29.7 Å². The van der Waals surface area contributed by atoms with Gasteiger partial charge in [0.2, 0.25) is 0 Å². The second kappa shape index (κ2) is 6.91. The van der Waals surface area contributed by atoms with E-state index in [9.17, 15) is 20.0 Å². The maximum Gasteiger partial charge on any atom is 0.283 e. The van der Waals surface area contributed by atoms with Crippen molar-refractivity contribution >= 4 is 34.3 Å². The number of amides is 1. The molecule has 2 rings (SSSR count). The molecule has 0 aliphatic rings. The van der Waals surface area contributed by atoms with Crippen LogP contribution in [0.1, 0.15) is 20.9 Å². The van der Waals surface area contributed by atoms with E-state index in [0.29, 0.717) is 10.6 Å². The largest absolute Gasteiger partial charge is 0.504 e. The van der Waals surface area contributed by atoms with Gasteiger partial charge in [-0.05, 0) is 6.92 Å². The van der Waals surface area contributed by atoms with Gasteiger partial charge in [-0.25, -0.2) is 10.4 Å². The normalized spacial score (nSPS) is 10.8. The molecule has 126 valence electrons. The number of aryl methyl sites for hydroxylation is 1. The highest BCUT2D eigenvalue weighted by Gasteiger charge is 2.16. The fourth-order valence-corrected chi connectivity index (χ4v) is 2.54. The molecular weight excluding hydrogens is 338 g/mol. The molecule has 0 atom stereocenters. The number of methoxy groups -OCH3 is 1. The summed E-state index contributed by atoms with van der Waals surface area (Å²) < 4.78 is 4.87. The molecule has 10 nitrogen and oxygen atoms in total. The summed E-state index contributed by atoms with van der Waals surface area (Å²) >= 11 is 1.01. The summed E-state index contributed by atoms with van der Waals surface area (Å²) in [5, 5.41) is 24.8. The minimum Gasteiger partial charge on any atom is -0.504 e. The van der Waals surface area contributed by atoms with Crippen molar-refractivity contribution < 1.29 is 19.6 Å². The van der Waals surface area contributed by atoms with Crippen molar-refractivity contribution in [1.82, 2.24) is 10.4 Å². The lowest BCUT2D eigenvalue weighted by atomic mass is 10.2. The van der Waals surface area contributed by atoms with Gasteiger partial charge in [0.05, 0.1) is 30.0 Å². The van der Waals surface area contributed by atoms with Gasteiger partial charge in [0.15, 0.2) is 16.6 Å². The number of nitrogens with zero attached hydrogens (tertiary/aromatic N) is 3. The van der Waals surface area contributed by atoms with E-state index >= 15 is 0 Å². The van der Waals surface area contributed by atoms with Gasteiger partial charge in [0.1, 0.15) is 4.88 Å². The number of nitro benzene ring substituents is 1. The third-order valence-electron chi connectivity index (χ3n) is 2.91. The third kappa shape index (κ3) is 3.57. The van der Waals surface area contributed by atoms with Gasteiger partial charge in [-0.1, -0.05) is 11.3 Å². The molecule has 0 saturated carbocycles. The van der Waals surface area contributed by atoms with Gasteiger partial charge in [0, 0.05) is 11.6 Å². The molecule has 11 heteroatoms. The Morgan fingerprint density at radius 1 is 1.58 bits per heavy atom. The number of aromatic hydroxyl groups is 1. The Morgan fingerprint density at radius 2 is 2.29 bits per heavy atom. The summed E-state index contributed by atoms with van der Waals surface area (Å²) in [4.78, 5) is 26.4. The number of hydrazone groups is 1. The number of benzene rings is 1. The minimum absolute atomic E-state index is 0.0156. The number of nitro groups is 1. The molecule has 1 aromatic heterocycles. The maximum absolute atomic E-state index is 11.9. The lowest BCUT2D eigenvalue weighted by molar-refractivity contribution is -0.385. The van der Waals surface area contributed by atoms with Crippen LogP contribution in [0.25, 0.3) is 0 Å². The molecule has 2 aromatic rings. The van der Waals surface area contributed by atoms with Crippen molar-refractivity contribution in [3.8, 4) is 11.5 Å². The average molecular weight is 351 g/mol. The summed E-state index contributed by atoms with van der Waals surface area (Å²) in [6, 6.07) is 2.18. The maximum atomic E-state index is 11.9. The molecule has 1 aromatic carbocycles. The number of phenolic OH excluding ortho intramolecular Hbond substituents is 1. The predicted octanol–water partition coefficient (Wildman–Crippen LogP) is 1.42. The lowest BCUT2D eigenvalue weighted by Gasteiger charge is -2.05. The van der Waals surface area contributed by atoms with Crippen LogP contribution in [0.15, 0.2) is 17.2 Å². The number of non-ortho nitro benzene ring substituents is 1. The van der Waals surface area contributed by atoms with Crippen molar-refractivity contribution in [2.75, 3.05) is 12.8 Å². The number of nitrogens with one attached hydrogen (secondary N) is 1. The van der Waals surface area contributed by atoms with Gasteiger partial charge in [-0.3, -0.25) is 14.9 Å². The summed E-state index contributed by atoms with van der Waals surface area (Å²) in [7, 11) is 1.26. The van der Waals surface area contributed by atoms with Crippen LogP contribution in [0, 0.1) is 17.0 Å². The fraction of sp³-hybridized carbons (Fsp3) is 0.154. The molecule has 0 aliphatic carbocycles. The van der Waals surface area contributed by atoms with Crippen LogP contribution in [-0.2, 0) is 0 Å². The summed E-state index contributed by atoms with van der Waals surface area (Å²) in [6.07, 6.45) is 1.07. The molecule has 0 aliphatic heterocycles. The topological polar surface area (TPSA) is 153 Å². The number of rotatable bonds is 5. The number of thiazole rings is 1. The summed E-state index contributed by atoms with van der Waals surface area (Å²) in [5.74, 6) is -0.947. The van der Waals surface area contributed by atoms with E-state index in [4.69, 9.17) is 10.5 Å². The van der Waals surface area contributed by atoms with Crippen molar-refractivity contribution in [1.29, 1.82) is 0 Å². The molecule has 0 fully saturated rings. The number of nitrogen functional groups attached to an aromatic ring is 1. The van der Waals surface area contributed by atoms with Crippen LogP contribution < -0.4 is 15.9 Å². The Hall–Kier alpha value is -3.21. The number of hydrogen-bond acceptors (Lipinski definition) is 9. The molecule has 0 spiro atoms. The molecule has 0 radical (unpaired) electrons. The molecule has 1 amide bonds. The zero-order valence-corrected chi connectivity index (χ0v) is 13.5. The SMILES string of the molecule is COc1cc([N+](=O)[O-])cc(C=NNC(=O)c2sc(N)nc2C)c1O. The highest BCUT2D eigenvalue weighted by Crippen LogP contribution is 2.33. The second-order valence-electron chi connectivity index (χ2n) is 4.51. The number of nitrogens with two attached hydrogens (primary N) is 1. The Kier molecular flexibility index (Phi) is 4.94. The summed E-state index contributed by atoms with van der Waals surface area (Å²) in [6.45, 7) is 1.63. The lowest BCUT2D eigenvalue weighted by Crippen LogP contribution is -2.17. The highest BCUT2D eigenvalue weighted by molar-refractivity contribution is 7.17. The first-order valence-electron chi connectivity index (χ1n) is 6.45. The molecule has 0 bridgehead atoms. The number of hydrogen-bond donors (Lipinski definition) is 3. The summed E-state index contributed by atoms with van der Waals surface area (Å²) in [5.41, 5.74) is 7.94. The van der Waals surface area contributed by atoms with Gasteiger partial charge < -0.3 is 15.6 Å². The Morgan fingerprint density at radius 3 is 2.83 bits per heavy atom. The zero-order valence-electron chi connectivity index (χ0n) is 12.6. The Bertz CT molecular complexity index is 832. The highest BCUT2D eigenvalue weighted by atomic mass is 32.1. The minimum atomic E-state index is -0.638. The van der Waals surface area contributed by atoms with E-state index in [1.165, 1.54) is 7.11 Å². The van der Waals surface area contributed by atoms with Crippen molar-refractivity contribution in [3.63, 3.8) is 0 Å². The number of ether oxygens (including phenoxy) is 1. The number of phenols is 1. The van der Waals surface area contributed by atoms with E-state index in [1.807, 2.05) is 0 Å². The van der Waals surface area contributed by atoms with Crippen LogP contribution >= 0.6 is 11.3 Å². The van der Waals surface area contributed by atoms with Crippen LogP contribution in [-0.4, -0.2) is 34.2 Å². The Balaban J connectivity index is 2.22. The van der Waals surface area contributed by atoms with Crippen LogP contribution in [0.4, 0.5) is 10.8 Å². The van der Waals surface area contributed by atoms with E-state index in [2.05, 4.69) is 15.5 Å². The quantitative estimate of drug-likeness (QED) is 0.418. The smallest absolute Gasteiger partial charge is 0.283 e. The number of carbonyl (C=O) groups is 1. The molecular formula is C13H13N5O5S. The monoisotopic (exact) mass is 351 g/mol. The standard InChI is InChI=1S/C13H13N5O5S/c1-6-11(24-13(14)16-6)12(20)17-15-5-7-3-8(18(21)22)4-9(23-2)10(7)19/h3-5,19H,1-2H3,(H2,14,16)(H,17,20). The van der Waals surface area contributed by atoms with Crippen LogP contribution in [0.3, 0.4) is 0 Å². The molecule has 0 unspecified atom stereocenters. The van der Waals surface area contributed by atoms with Crippen molar-refractivity contribution in [2.45, 2.75) is 6.92 Å². The van der Waals surface area contributed by atoms with Gasteiger partial charge in [0.25, 0.3) is 11.6 Å². The first-order chi connectivity index (χ1) is 11.3. The van der Waals surface area contributed by atoms with Crippen molar-refractivity contribution in [2.24, 2.45) is 5.10 Å². The first-order valence-corrected chi connectivity index (χ1v) is 7.26. The van der Waals surface area contributed by atoms with E-state index in [-0.39, 0.29) is 27.9 Å². The first kappa shape index (κ1) is 17.1. The number of aromatic nitrogens is 1. The molecule has 0 saturated heterocycles. The fourth-order valence-electron chi connectivity index (χ4n) is 1.81. The van der Waals surface area contributed by atoms with Crippen molar-refractivity contribution in [3.05, 3.63) is 38.4 Å². The molecule has 1 heterocycles. The van der Waals surface area contributed by atoms with E-state index in [1.54, 1.807) is 6.92 Å². The third-order valence-corrected chi connectivity index (χ3v) is 3.89. The van der Waals surface area contributed by atoms with Gasteiger partial charge in [-0.2, -0.15) is 5.10 Å². The molecule has 24 heavy (non-hydrogen) atoms. The molecule has 4 N–H and O–H groups in total.